The predicted octanol–water partition coefficient (Wildman–Crippen LogP) is 9.60. The number of thiophene rings is 1. The minimum absolute atomic E-state index is 0.357. The third-order valence-corrected chi connectivity index (χ3v) is 9.34. The normalized spacial score (nSPS) is 15.4. The molecule has 0 fully saturated rings. The van der Waals surface area contributed by atoms with Gasteiger partial charge >= 0.3 is 0 Å². The molecule has 9 rings (SSSR count). The van der Waals surface area contributed by atoms with Gasteiger partial charge in [0.05, 0.1) is 0 Å². The van der Waals surface area contributed by atoms with Crippen LogP contribution in [0.2, 0.25) is 0 Å². The molecule has 2 aromatic heterocycles. The lowest BCUT2D eigenvalue weighted by molar-refractivity contribution is 0.668. The van der Waals surface area contributed by atoms with Crippen molar-refractivity contribution in [2.45, 2.75) is 6.17 Å². The van der Waals surface area contributed by atoms with E-state index >= 15 is 0 Å². The van der Waals surface area contributed by atoms with Crippen LogP contribution in [0.15, 0.2) is 142 Å². The van der Waals surface area contributed by atoms with Gasteiger partial charge in [-0.25, -0.2) is 9.98 Å². The van der Waals surface area contributed by atoms with Crippen LogP contribution in [0, 0.1) is 0 Å². The first-order valence-electron chi connectivity index (χ1n) is 14.0. The molecule has 0 aliphatic carbocycles. The Morgan fingerprint density at radius 1 is 0.548 bits per heavy atom. The molecular weight excluding hydrogens is 534 g/mol. The summed E-state index contributed by atoms with van der Waals surface area (Å²) >= 11 is 1.86. The number of rotatable bonds is 3. The molecule has 5 heteroatoms. The highest BCUT2D eigenvalue weighted by molar-refractivity contribution is 7.26. The first-order valence-corrected chi connectivity index (χ1v) is 14.8. The van der Waals surface area contributed by atoms with Gasteiger partial charge in [0.25, 0.3) is 0 Å². The predicted molar refractivity (Wildman–Crippen MR) is 176 cm³/mol. The third-order valence-electron chi connectivity index (χ3n) is 8.12. The fourth-order valence-electron chi connectivity index (χ4n) is 6.05. The zero-order valence-electron chi connectivity index (χ0n) is 22.4. The lowest BCUT2D eigenvalue weighted by atomic mass is 10.0. The Bertz CT molecular complexity index is 2400. The Morgan fingerprint density at radius 2 is 1.21 bits per heavy atom. The van der Waals surface area contributed by atoms with E-state index in [1.807, 2.05) is 47.7 Å². The summed E-state index contributed by atoms with van der Waals surface area (Å²) in [6.07, 6.45) is -0.357. The fourth-order valence-corrected chi connectivity index (χ4v) is 7.29. The highest BCUT2D eigenvalue weighted by atomic mass is 32.1. The van der Waals surface area contributed by atoms with Crippen LogP contribution >= 0.6 is 11.3 Å². The largest absolute Gasteiger partial charge is 0.456 e. The highest BCUT2D eigenvalue weighted by Gasteiger charge is 2.22. The lowest BCUT2D eigenvalue weighted by Gasteiger charge is -2.22. The molecule has 0 saturated carbocycles. The van der Waals surface area contributed by atoms with Gasteiger partial charge in [0.1, 0.15) is 22.8 Å². The first-order chi connectivity index (χ1) is 20.8. The summed E-state index contributed by atoms with van der Waals surface area (Å²) < 4.78 is 8.84. The summed E-state index contributed by atoms with van der Waals surface area (Å²) in [5.41, 5.74) is 4.77. The summed E-state index contributed by atoms with van der Waals surface area (Å²) in [7, 11) is 0. The Morgan fingerprint density at radius 3 is 2.07 bits per heavy atom. The van der Waals surface area contributed by atoms with Gasteiger partial charge in [0.2, 0.25) is 0 Å². The highest BCUT2D eigenvalue weighted by Crippen LogP contribution is 2.38. The number of benzene rings is 6. The Kier molecular flexibility index (Phi) is 5.10. The maximum atomic E-state index is 6.20. The number of hydrogen-bond acceptors (Lipinski definition) is 5. The van der Waals surface area contributed by atoms with E-state index in [9.17, 15) is 0 Å². The molecule has 6 aromatic carbocycles. The van der Waals surface area contributed by atoms with Gasteiger partial charge in [-0.05, 0) is 46.7 Å². The van der Waals surface area contributed by atoms with Crippen LogP contribution in [0.1, 0.15) is 22.9 Å². The van der Waals surface area contributed by atoms with Crippen molar-refractivity contribution in [1.29, 1.82) is 0 Å². The standard InChI is InChI=1S/C37H23N3OS/c1-2-8-22(9-3-1)35-38-36(40-37(39-35)25-16-18-28-27-10-4-6-12-31(27)41-32(28)21-25)24-15-17-26-23(20-24)14-19-30-29-11-5-7-13-33(29)42-34(26)30/h1-21,35H,(H,38,39,40). The van der Waals surface area contributed by atoms with Crippen molar-refractivity contribution >= 4 is 75.9 Å². The van der Waals surface area contributed by atoms with Crippen molar-refractivity contribution in [2.24, 2.45) is 9.98 Å². The second-order valence-corrected chi connectivity index (χ2v) is 11.7. The van der Waals surface area contributed by atoms with Gasteiger partial charge in [-0.15, -0.1) is 11.3 Å². The van der Waals surface area contributed by atoms with Gasteiger partial charge in [0.15, 0.2) is 6.17 Å². The molecule has 1 atom stereocenters. The average Bonchev–Trinajstić information content (AvgIpc) is 3.63. The number of fused-ring (bicyclic) bond motifs is 8. The summed E-state index contributed by atoms with van der Waals surface area (Å²) in [5, 5.41) is 10.9. The zero-order chi connectivity index (χ0) is 27.6. The van der Waals surface area contributed by atoms with Crippen LogP contribution in [0.5, 0.6) is 0 Å². The molecular formula is C37H23N3OS. The molecule has 3 heterocycles. The number of hydrogen-bond donors (Lipinski definition) is 1. The molecule has 8 aromatic rings. The van der Waals surface area contributed by atoms with Crippen LogP contribution in [0.3, 0.4) is 0 Å². The first kappa shape index (κ1) is 23.4. The summed E-state index contributed by atoms with van der Waals surface area (Å²) in [5.74, 6) is 1.58. The molecule has 0 amide bonds. The van der Waals surface area contributed by atoms with Crippen LogP contribution in [0.4, 0.5) is 0 Å². The molecule has 1 aliphatic rings. The molecule has 1 unspecified atom stereocenters. The van der Waals surface area contributed by atoms with Crippen molar-refractivity contribution in [3.63, 3.8) is 0 Å². The molecule has 198 valence electrons. The zero-order valence-corrected chi connectivity index (χ0v) is 23.2. The smallest absolute Gasteiger partial charge is 0.169 e. The van der Waals surface area contributed by atoms with E-state index in [0.29, 0.717) is 0 Å². The van der Waals surface area contributed by atoms with Crippen LogP contribution in [-0.4, -0.2) is 11.7 Å². The minimum Gasteiger partial charge on any atom is -0.456 e. The minimum atomic E-state index is -0.357. The summed E-state index contributed by atoms with van der Waals surface area (Å²) in [6.45, 7) is 0. The lowest BCUT2D eigenvalue weighted by Crippen LogP contribution is -2.36. The average molecular weight is 558 g/mol. The second kappa shape index (κ2) is 9.13. The number of aliphatic imine (C=N–C) groups is 2. The maximum absolute atomic E-state index is 6.20. The van der Waals surface area contributed by atoms with E-state index in [-0.39, 0.29) is 6.17 Å². The van der Waals surface area contributed by atoms with E-state index in [4.69, 9.17) is 14.4 Å². The van der Waals surface area contributed by atoms with E-state index in [1.165, 1.54) is 30.9 Å². The van der Waals surface area contributed by atoms with Crippen molar-refractivity contribution < 1.29 is 4.42 Å². The van der Waals surface area contributed by atoms with Crippen molar-refractivity contribution in [1.82, 2.24) is 5.32 Å². The van der Waals surface area contributed by atoms with Gasteiger partial charge < -0.3 is 9.73 Å². The summed E-state index contributed by atoms with van der Waals surface area (Å²) in [4.78, 5) is 10.2. The third kappa shape index (κ3) is 3.67. The van der Waals surface area contributed by atoms with Gasteiger partial charge in [0, 0.05) is 42.1 Å². The van der Waals surface area contributed by atoms with E-state index < -0.39 is 0 Å². The maximum Gasteiger partial charge on any atom is 0.169 e. The Hall–Kier alpha value is -5.26. The number of nitrogens with zero attached hydrogens (tertiary/aromatic N) is 2. The molecule has 1 aliphatic heterocycles. The van der Waals surface area contributed by atoms with Crippen LogP contribution in [0.25, 0.3) is 52.9 Å². The SMILES string of the molecule is c1ccc(C2N=C(c3ccc4c(ccc5c6ccccc6sc45)c3)NC(c3ccc4c(c3)oc3ccccc34)=N2)cc1. The topological polar surface area (TPSA) is 49.9 Å². The number of nitrogens with one attached hydrogen (secondary N) is 1. The van der Waals surface area contributed by atoms with Crippen molar-refractivity contribution in [2.75, 3.05) is 0 Å². The molecule has 0 saturated heterocycles. The molecule has 0 bridgehead atoms. The van der Waals surface area contributed by atoms with E-state index in [2.05, 4.69) is 96.3 Å². The van der Waals surface area contributed by atoms with Gasteiger partial charge in [-0.2, -0.15) is 0 Å². The Labute approximate surface area is 245 Å². The second-order valence-electron chi connectivity index (χ2n) is 10.7. The number of amidine groups is 2. The van der Waals surface area contributed by atoms with Crippen LogP contribution in [-0.2, 0) is 0 Å². The van der Waals surface area contributed by atoms with Gasteiger partial charge in [-0.3, -0.25) is 0 Å². The molecule has 1 N–H and O–H groups in total. The van der Waals surface area contributed by atoms with Gasteiger partial charge in [-0.1, -0.05) is 97.1 Å². The van der Waals surface area contributed by atoms with E-state index in [1.54, 1.807) is 0 Å². The monoisotopic (exact) mass is 557 g/mol. The Balaban J connectivity index is 1.16. The van der Waals surface area contributed by atoms with Crippen LogP contribution < -0.4 is 5.32 Å². The molecule has 0 spiro atoms. The summed E-state index contributed by atoms with van der Waals surface area (Å²) in [6, 6.07) is 44.5. The number of para-hydroxylation sites is 1. The fraction of sp³-hybridized carbons (Fsp3) is 0.0270. The molecule has 4 nitrogen and oxygen atoms in total. The van der Waals surface area contributed by atoms with E-state index in [0.717, 1.165) is 50.3 Å². The molecule has 42 heavy (non-hydrogen) atoms. The number of furan rings is 1. The van der Waals surface area contributed by atoms with Crippen molar-refractivity contribution in [3.05, 3.63) is 144 Å². The molecule has 0 radical (unpaired) electrons. The quantitative estimate of drug-likeness (QED) is 0.235. The van der Waals surface area contributed by atoms with Crippen molar-refractivity contribution in [3.8, 4) is 0 Å².